The molecule has 0 radical (unpaired) electrons. The molecule has 0 bridgehead atoms. The van der Waals surface area contributed by atoms with E-state index in [0.29, 0.717) is 0 Å². The van der Waals surface area contributed by atoms with Crippen molar-refractivity contribution in [2.75, 3.05) is 12.8 Å². The normalized spacial score (nSPS) is 10.0. The second-order valence-corrected chi connectivity index (χ2v) is 2.72. The summed E-state index contributed by atoms with van der Waals surface area (Å²) in [5.74, 6) is -3.22. The quantitative estimate of drug-likeness (QED) is 0.585. The van der Waals surface area contributed by atoms with Crippen molar-refractivity contribution >= 4 is 11.5 Å². The zero-order chi connectivity index (χ0) is 10.9. The molecule has 1 rings (SSSR count). The first kappa shape index (κ1) is 10.4. The molecule has 0 saturated heterocycles. The van der Waals surface area contributed by atoms with Gasteiger partial charge in [-0.3, -0.25) is 4.79 Å². The van der Waals surface area contributed by atoms with Gasteiger partial charge in [-0.15, -0.1) is 0 Å². The maximum absolute atomic E-state index is 13.0. The van der Waals surface area contributed by atoms with E-state index < -0.39 is 23.2 Å². The highest BCUT2D eigenvalue weighted by molar-refractivity contribution is 6.00. The van der Waals surface area contributed by atoms with Gasteiger partial charge < -0.3 is 10.5 Å². The molecule has 3 nitrogen and oxygen atoms in total. The number of halogens is 2. The molecular weight excluding hydrogens is 192 g/mol. The Balaban J connectivity index is 3.50. The summed E-state index contributed by atoms with van der Waals surface area (Å²) in [4.78, 5) is 11.0. The number of nitrogen functional groups attached to an aromatic ring is 1. The van der Waals surface area contributed by atoms with Crippen LogP contribution in [0.15, 0.2) is 6.07 Å². The zero-order valence-corrected chi connectivity index (χ0v) is 7.73. The van der Waals surface area contributed by atoms with E-state index in [1.54, 1.807) is 0 Å². The number of rotatable bonds is 2. The van der Waals surface area contributed by atoms with Crippen molar-refractivity contribution in [3.63, 3.8) is 0 Å². The molecule has 0 amide bonds. The SMILES string of the molecule is COc1c(N)c(C(C)=O)cc(F)c1F. The summed E-state index contributed by atoms with van der Waals surface area (Å²) in [6, 6.07) is 0.759. The van der Waals surface area contributed by atoms with Crippen LogP contribution >= 0.6 is 0 Å². The molecule has 2 N–H and O–H groups in total. The van der Waals surface area contributed by atoms with Crippen molar-refractivity contribution in [3.05, 3.63) is 23.3 Å². The van der Waals surface area contributed by atoms with Gasteiger partial charge in [-0.1, -0.05) is 0 Å². The van der Waals surface area contributed by atoms with Crippen LogP contribution in [0.4, 0.5) is 14.5 Å². The average Bonchev–Trinajstić information content (AvgIpc) is 2.12. The fourth-order valence-corrected chi connectivity index (χ4v) is 1.11. The molecule has 1 aromatic rings. The lowest BCUT2D eigenvalue weighted by atomic mass is 10.1. The molecule has 0 aliphatic carbocycles. The third kappa shape index (κ3) is 1.53. The molecule has 0 aromatic heterocycles. The molecule has 0 unspecified atom stereocenters. The van der Waals surface area contributed by atoms with Crippen LogP contribution in [0, 0.1) is 11.6 Å². The van der Waals surface area contributed by atoms with Crippen LogP contribution in [-0.2, 0) is 0 Å². The van der Waals surface area contributed by atoms with Gasteiger partial charge in [-0.25, -0.2) is 4.39 Å². The summed E-state index contributed by atoms with van der Waals surface area (Å²) in [6.07, 6.45) is 0. The highest BCUT2D eigenvalue weighted by Crippen LogP contribution is 2.30. The predicted molar refractivity (Wildman–Crippen MR) is 47.3 cm³/mol. The summed E-state index contributed by atoms with van der Waals surface area (Å²) < 4.78 is 30.5. The Morgan fingerprint density at radius 3 is 2.50 bits per heavy atom. The lowest BCUT2D eigenvalue weighted by Gasteiger charge is -2.09. The Kier molecular flexibility index (Phi) is 2.69. The number of carbonyl (C=O) groups is 1. The van der Waals surface area contributed by atoms with Crippen LogP contribution in [0.2, 0.25) is 0 Å². The number of hydrogen-bond acceptors (Lipinski definition) is 3. The van der Waals surface area contributed by atoms with E-state index >= 15 is 0 Å². The number of ketones is 1. The number of hydrogen-bond donors (Lipinski definition) is 1. The monoisotopic (exact) mass is 201 g/mol. The number of nitrogens with two attached hydrogens (primary N) is 1. The van der Waals surface area contributed by atoms with Gasteiger partial charge in [0.05, 0.1) is 12.8 Å². The van der Waals surface area contributed by atoms with E-state index in [-0.39, 0.29) is 11.3 Å². The van der Waals surface area contributed by atoms with E-state index in [0.717, 1.165) is 13.2 Å². The van der Waals surface area contributed by atoms with Crippen LogP contribution in [0.3, 0.4) is 0 Å². The van der Waals surface area contributed by atoms with E-state index in [2.05, 4.69) is 4.74 Å². The predicted octanol–water partition coefficient (Wildman–Crippen LogP) is 1.76. The Morgan fingerprint density at radius 2 is 2.07 bits per heavy atom. The first-order chi connectivity index (χ1) is 6.49. The summed E-state index contributed by atoms with van der Waals surface area (Å²) in [7, 11) is 1.15. The van der Waals surface area contributed by atoms with Gasteiger partial charge in [0.2, 0.25) is 5.82 Å². The van der Waals surface area contributed by atoms with Gasteiger partial charge in [0.1, 0.15) is 0 Å². The van der Waals surface area contributed by atoms with Crippen molar-refractivity contribution in [2.45, 2.75) is 6.92 Å². The van der Waals surface area contributed by atoms with Crippen LogP contribution in [0.1, 0.15) is 17.3 Å². The number of benzene rings is 1. The lowest BCUT2D eigenvalue weighted by molar-refractivity contribution is 0.101. The molecule has 0 fully saturated rings. The van der Waals surface area contributed by atoms with E-state index in [4.69, 9.17) is 5.73 Å². The highest BCUT2D eigenvalue weighted by atomic mass is 19.2. The second-order valence-electron chi connectivity index (χ2n) is 2.72. The third-order valence-electron chi connectivity index (χ3n) is 1.80. The first-order valence-electron chi connectivity index (χ1n) is 3.81. The fraction of sp³-hybridized carbons (Fsp3) is 0.222. The molecule has 5 heteroatoms. The average molecular weight is 201 g/mol. The minimum absolute atomic E-state index is 0.0826. The summed E-state index contributed by atoms with van der Waals surface area (Å²) in [5.41, 5.74) is 5.15. The van der Waals surface area contributed by atoms with Gasteiger partial charge in [0, 0.05) is 5.56 Å². The summed E-state index contributed by atoms with van der Waals surface area (Å²) >= 11 is 0. The van der Waals surface area contributed by atoms with Crippen LogP contribution < -0.4 is 10.5 Å². The molecule has 0 aliphatic heterocycles. The van der Waals surface area contributed by atoms with Crippen molar-refractivity contribution in [1.29, 1.82) is 0 Å². The smallest absolute Gasteiger partial charge is 0.202 e. The third-order valence-corrected chi connectivity index (χ3v) is 1.80. The van der Waals surface area contributed by atoms with Crippen molar-refractivity contribution in [3.8, 4) is 5.75 Å². The number of methoxy groups -OCH3 is 1. The Bertz CT molecular complexity index is 391. The van der Waals surface area contributed by atoms with Crippen LogP contribution in [-0.4, -0.2) is 12.9 Å². The molecule has 1 aromatic carbocycles. The van der Waals surface area contributed by atoms with Crippen molar-refractivity contribution in [2.24, 2.45) is 0 Å². The fourth-order valence-electron chi connectivity index (χ4n) is 1.11. The maximum atomic E-state index is 13.0. The molecule has 0 atom stereocenters. The minimum Gasteiger partial charge on any atom is -0.491 e. The molecule has 14 heavy (non-hydrogen) atoms. The van der Waals surface area contributed by atoms with E-state index in [1.807, 2.05) is 0 Å². The molecule has 76 valence electrons. The molecule has 0 saturated carbocycles. The Morgan fingerprint density at radius 1 is 1.50 bits per heavy atom. The van der Waals surface area contributed by atoms with Crippen molar-refractivity contribution < 1.29 is 18.3 Å². The Labute approximate surface area is 79.5 Å². The van der Waals surface area contributed by atoms with Crippen LogP contribution in [0.5, 0.6) is 5.75 Å². The summed E-state index contributed by atoms with van der Waals surface area (Å²) in [5, 5.41) is 0. The number of ether oxygens (including phenoxy) is 1. The zero-order valence-electron chi connectivity index (χ0n) is 7.73. The van der Waals surface area contributed by atoms with Crippen molar-refractivity contribution in [1.82, 2.24) is 0 Å². The molecular formula is C9H9F2NO2. The second kappa shape index (κ2) is 3.61. The Hall–Kier alpha value is -1.65. The maximum Gasteiger partial charge on any atom is 0.202 e. The largest absolute Gasteiger partial charge is 0.491 e. The number of anilines is 1. The van der Waals surface area contributed by atoms with Gasteiger partial charge in [0.25, 0.3) is 0 Å². The summed E-state index contributed by atoms with van der Waals surface area (Å²) in [6.45, 7) is 1.21. The highest BCUT2D eigenvalue weighted by Gasteiger charge is 2.19. The van der Waals surface area contributed by atoms with E-state index in [1.165, 1.54) is 6.92 Å². The number of carbonyl (C=O) groups excluding carboxylic acids is 1. The molecule has 0 heterocycles. The minimum atomic E-state index is -1.19. The lowest BCUT2D eigenvalue weighted by Crippen LogP contribution is -2.06. The van der Waals surface area contributed by atoms with Gasteiger partial charge in [-0.2, -0.15) is 4.39 Å². The standard InChI is InChI=1S/C9H9F2NO2/c1-4(13)5-3-6(10)7(11)9(14-2)8(5)12/h3H,12H2,1-2H3. The topological polar surface area (TPSA) is 52.3 Å². The van der Waals surface area contributed by atoms with Gasteiger partial charge >= 0.3 is 0 Å². The van der Waals surface area contributed by atoms with Gasteiger partial charge in [-0.05, 0) is 13.0 Å². The van der Waals surface area contributed by atoms with Gasteiger partial charge in [0.15, 0.2) is 17.3 Å². The van der Waals surface area contributed by atoms with E-state index in [9.17, 15) is 13.6 Å². The number of Topliss-reactive ketones (excluding diaryl/α,β-unsaturated/α-hetero) is 1. The molecule has 0 aliphatic rings. The van der Waals surface area contributed by atoms with Crippen LogP contribution in [0.25, 0.3) is 0 Å². The first-order valence-corrected chi connectivity index (χ1v) is 3.81. The molecule has 0 spiro atoms.